The first-order valence-corrected chi connectivity index (χ1v) is 10.3. The van der Waals surface area contributed by atoms with Gasteiger partial charge in [0.1, 0.15) is 17.1 Å². The Hall–Kier alpha value is -4.33. The average molecular weight is 445 g/mol. The largest absolute Gasteiger partial charge is 0.496 e. The van der Waals surface area contributed by atoms with Crippen molar-refractivity contribution in [3.63, 3.8) is 0 Å². The molecule has 0 saturated heterocycles. The summed E-state index contributed by atoms with van der Waals surface area (Å²) in [7, 11) is 1.31. The van der Waals surface area contributed by atoms with Crippen LogP contribution in [0.3, 0.4) is 0 Å². The molecular weight excluding hydrogens is 422 g/mol. The predicted molar refractivity (Wildman–Crippen MR) is 125 cm³/mol. The van der Waals surface area contributed by atoms with Crippen LogP contribution in [-0.2, 0) is 13.0 Å². The maximum Gasteiger partial charge on any atom is 0.339 e. The lowest BCUT2D eigenvalue weighted by atomic mass is 9.92. The van der Waals surface area contributed by atoms with Crippen molar-refractivity contribution in [2.24, 2.45) is 5.73 Å². The number of nitrogen functional groups attached to an aromatic ring is 1. The summed E-state index contributed by atoms with van der Waals surface area (Å²) in [5.41, 5.74) is 10.1. The van der Waals surface area contributed by atoms with Crippen LogP contribution in [0.1, 0.15) is 37.4 Å². The van der Waals surface area contributed by atoms with Crippen molar-refractivity contribution in [3.8, 4) is 16.9 Å². The Labute approximate surface area is 190 Å². The number of carboxylic acid groups (broad SMARTS) is 2. The standard InChI is InChI=1S/C25H23N3O5/c1-33-22-12-19(24(29)30)18(11-20(22)25(31)32)17-5-3-2-4-16(17)13-28-9-8-14-10-15(23(26)27)6-7-21(14)28/h2-7,10-12H,8-9,13H2,1H3,(H3,26,27)(H,29,30)(H,31,32). The highest BCUT2D eigenvalue weighted by Gasteiger charge is 2.24. The molecule has 0 radical (unpaired) electrons. The second kappa shape index (κ2) is 8.66. The molecule has 0 saturated carbocycles. The summed E-state index contributed by atoms with van der Waals surface area (Å²) in [5.74, 6) is -2.34. The van der Waals surface area contributed by atoms with Crippen molar-refractivity contribution in [1.82, 2.24) is 0 Å². The van der Waals surface area contributed by atoms with Gasteiger partial charge in [-0.05, 0) is 59.0 Å². The van der Waals surface area contributed by atoms with Gasteiger partial charge in [-0.3, -0.25) is 5.41 Å². The lowest BCUT2D eigenvalue weighted by Crippen LogP contribution is -2.20. The molecule has 3 aromatic carbocycles. The predicted octanol–water partition coefficient (Wildman–Crippen LogP) is 3.61. The number of fused-ring (bicyclic) bond motifs is 1. The molecule has 33 heavy (non-hydrogen) atoms. The second-order valence-corrected chi connectivity index (χ2v) is 7.79. The number of carbonyl (C=O) groups is 2. The third kappa shape index (κ3) is 4.10. The SMILES string of the molecule is COc1cc(C(=O)O)c(-c2ccccc2CN2CCc3cc(C(=N)N)ccc32)cc1C(=O)O. The summed E-state index contributed by atoms with van der Waals surface area (Å²) in [6.45, 7) is 1.27. The van der Waals surface area contributed by atoms with Gasteiger partial charge in [0, 0.05) is 24.3 Å². The van der Waals surface area contributed by atoms with E-state index >= 15 is 0 Å². The van der Waals surface area contributed by atoms with Crippen molar-refractivity contribution < 1.29 is 24.5 Å². The van der Waals surface area contributed by atoms with E-state index in [9.17, 15) is 19.8 Å². The zero-order chi connectivity index (χ0) is 23.7. The molecule has 0 spiro atoms. The number of carboxylic acids is 2. The quantitative estimate of drug-likeness (QED) is 0.322. The van der Waals surface area contributed by atoms with Crippen LogP contribution >= 0.6 is 0 Å². The van der Waals surface area contributed by atoms with Crippen molar-refractivity contribution in [1.29, 1.82) is 5.41 Å². The minimum absolute atomic E-state index is 0.00382. The third-order valence-corrected chi connectivity index (χ3v) is 5.85. The van der Waals surface area contributed by atoms with Crippen LogP contribution < -0.4 is 15.4 Å². The van der Waals surface area contributed by atoms with Crippen LogP contribution in [0, 0.1) is 5.41 Å². The van der Waals surface area contributed by atoms with Gasteiger partial charge in [-0.1, -0.05) is 24.3 Å². The lowest BCUT2D eigenvalue weighted by molar-refractivity contribution is 0.0678. The van der Waals surface area contributed by atoms with Crippen molar-refractivity contribution >= 4 is 23.5 Å². The monoisotopic (exact) mass is 445 g/mol. The number of nitrogens with one attached hydrogen (secondary N) is 1. The van der Waals surface area contributed by atoms with Gasteiger partial charge in [-0.25, -0.2) is 9.59 Å². The molecular formula is C25H23N3O5. The molecule has 1 aliphatic rings. The summed E-state index contributed by atoms with van der Waals surface area (Å²) in [5, 5.41) is 27.1. The van der Waals surface area contributed by atoms with Crippen LogP contribution in [0.25, 0.3) is 11.1 Å². The number of nitrogens with zero attached hydrogens (tertiary/aromatic N) is 1. The van der Waals surface area contributed by atoms with Gasteiger partial charge >= 0.3 is 11.9 Å². The number of aromatic carboxylic acids is 2. The van der Waals surface area contributed by atoms with Gasteiger partial charge in [-0.2, -0.15) is 0 Å². The van der Waals surface area contributed by atoms with Crippen LogP contribution in [-0.4, -0.2) is 41.6 Å². The Bertz CT molecular complexity index is 1290. The van der Waals surface area contributed by atoms with Crippen molar-refractivity contribution in [3.05, 3.63) is 82.4 Å². The van der Waals surface area contributed by atoms with E-state index in [0.717, 1.165) is 29.8 Å². The molecule has 3 aromatic rings. The van der Waals surface area contributed by atoms with Gasteiger partial charge in [0.2, 0.25) is 0 Å². The Morgan fingerprint density at radius 3 is 2.42 bits per heavy atom. The molecule has 0 bridgehead atoms. The minimum Gasteiger partial charge on any atom is -0.496 e. The fourth-order valence-corrected chi connectivity index (χ4v) is 4.24. The molecule has 0 aliphatic carbocycles. The van der Waals surface area contributed by atoms with E-state index in [4.69, 9.17) is 15.9 Å². The second-order valence-electron chi connectivity index (χ2n) is 7.79. The molecule has 0 atom stereocenters. The van der Waals surface area contributed by atoms with Gasteiger partial charge in [-0.15, -0.1) is 0 Å². The molecule has 0 unspecified atom stereocenters. The van der Waals surface area contributed by atoms with E-state index in [0.29, 0.717) is 23.2 Å². The van der Waals surface area contributed by atoms with E-state index in [1.165, 1.54) is 19.2 Å². The number of rotatable bonds is 7. The van der Waals surface area contributed by atoms with Crippen molar-refractivity contribution in [2.75, 3.05) is 18.6 Å². The van der Waals surface area contributed by atoms with E-state index in [1.807, 2.05) is 30.3 Å². The molecule has 0 amide bonds. The average Bonchev–Trinajstić information content (AvgIpc) is 3.20. The molecule has 168 valence electrons. The van der Waals surface area contributed by atoms with Gasteiger partial charge in [0.25, 0.3) is 0 Å². The van der Waals surface area contributed by atoms with E-state index in [2.05, 4.69) is 4.90 Å². The number of ether oxygens (including phenoxy) is 1. The topological polar surface area (TPSA) is 137 Å². The zero-order valence-electron chi connectivity index (χ0n) is 18.0. The van der Waals surface area contributed by atoms with Crippen LogP contribution in [0.5, 0.6) is 5.75 Å². The van der Waals surface area contributed by atoms with Crippen molar-refractivity contribution in [2.45, 2.75) is 13.0 Å². The highest BCUT2D eigenvalue weighted by Crippen LogP contribution is 2.36. The Morgan fingerprint density at radius 1 is 1.03 bits per heavy atom. The first kappa shape index (κ1) is 21.9. The van der Waals surface area contributed by atoms with Gasteiger partial charge in [0.05, 0.1) is 12.7 Å². The van der Waals surface area contributed by atoms with E-state index in [1.54, 1.807) is 12.1 Å². The maximum absolute atomic E-state index is 12.0. The molecule has 4 rings (SSSR count). The van der Waals surface area contributed by atoms with Gasteiger partial charge < -0.3 is 25.6 Å². The molecule has 5 N–H and O–H groups in total. The maximum atomic E-state index is 12.0. The molecule has 8 nitrogen and oxygen atoms in total. The highest BCUT2D eigenvalue weighted by molar-refractivity contribution is 6.01. The lowest BCUT2D eigenvalue weighted by Gasteiger charge is -2.22. The Morgan fingerprint density at radius 2 is 1.76 bits per heavy atom. The fraction of sp³-hybridized carbons (Fsp3) is 0.160. The zero-order valence-corrected chi connectivity index (χ0v) is 18.0. The summed E-state index contributed by atoms with van der Waals surface area (Å²) in [6.07, 6.45) is 0.810. The fourth-order valence-electron chi connectivity index (χ4n) is 4.24. The normalized spacial score (nSPS) is 12.3. The number of benzene rings is 3. The first-order chi connectivity index (χ1) is 15.8. The van der Waals surface area contributed by atoms with Crippen LogP contribution in [0.4, 0.5) is 5.69 Å². The third-order valence-electron chi connectivity index (χ3n) is 5.85. The molecule has 0 fully saturated rings. The summed E-state index contributed by atoms with van der Waals surface area (Å²) >= 11 is 0. The number of hydrogen-bond acceptors (Lipinski definition) is 5. The molecule has 1 aliphatic heterocycles. The Balaban J connectivity index is 1.77. The Kier molecular flexibility index (Phi) is 5.74. The number of methoxy groups -OCH3 is 1. The van der Waals surface area contributed by atoms with Crippen LogP contribution in [0.2, 0.25) is 0 Å². The molecule has 1 heterocycles. The summed E-state index contributed by atoms with van der Waals surface area (Å²) in [4.78, 5) is 26.0. The van der Waals surface area contributed by atoms with Gasteiger partial charge in [0.15, 0.2) is 0 Å². The number of anilines is 1. The summed E-state index contributed by atoms with van der Waals surface area (Å²) < 4.78 is 5.12. The molecule has 0 aromatic heterocycles. The number of amidine groups is 1. The smallest absolute Gasteiger partial charge is 0.339 e. The number of hydrogen-bond donors (Lipinski definition) is 4. The van der Waals surface area contributed by atoms with E-state index < -0.39 is 11.9 Å². The molecule has 8 heteroatoms. The van der Waals surface area contributed by atoms with E-state index in [-0.39, 0.29) is 22.7 Å². The number of nitrogens with two attached hydrogens (primary N) is 1. The first-order valence-electron chi connectivity index (χ1n) is 10.3. The minimum atomic E-state index is -1.20. The summed E-state index contributed by atoms with van der Waals surface area (Å²) in [6, 6.07) is 15.7. The van der Waals surface area contributed by atoms with Crippen LogP contribution in [0.15, 0.2) is 54.6 Å². The highest BCUT2D eigenvalue weighted by atomic mass is 16.5.